The van der Waals surface area contributed by atoms with E-state index < -0.39 is 29.9 Å². The predicted molar refractivity (Wildman–Crippen MR) is 109 cm³/mol. The van der Waals surface area contributed by atoms with Gasteiger partial charge in [-0.2, -0.15) is 13.2 Å². The number of aromatic nitrogens is 2. The third-order valence-corrected chi connectivity index (χ3v) is 6.46. The third-order valence-electron chi connectivity index (χ3n) is 4.98. The second-order valence-corrected chi connectivity index (χ2v) is 8.70. The van der Waals surface area contributed by atoms with Crippen LogP contribution < -0.4 is 10.1 Å². The number of nitrogens with one attached hydrogen (secondary N) is 1. The van der Waals surface area contributed by atoms with Gasteiger partial charge in [0.25, 0.3) is 5.91 Å². The van der Waals surface area contributed by atoms with E-state index >= 15 is 0 Å². The van der Waals surface area contributed by atoms with Crippen molar-refractivity contribution in [1.29, 1.82) is 0 Å². The maximum atomic E-state index is 13.2. The average Bonchev–Trinajstić information content (AvgIpc) is 3.05. The largest absolute Gasteiger partial charge is 0.467 e. The quantitative estimate of drug-likeness (QED) is 0.563. The van der Waals surface area contributed by atoms with Gasteiger partial charge in [0, 0.05) is 4.88 Å². The van der Waals surface area contributed by atoms with Crippen LogP contribution in [0.5, 0.6) is 5.88 Å². The molecule has 1 amide bonds. The molecule has 1 aromatic carbocycles. The number of carbonyl (C=O) groups excluding carboxylic acids is 1. The lowest BCUT2D eigenvalue weighted by Crippen LogP contribution is -2.23. The molecule has 0 saturated carbocycles. The van der Waals surface area contributed by atoms with E-state index in [2.05, 4.69) is 22.2 Å². The number of hydrogen-bond donors (Lipinski definition) is 1. The summed E-state index contributed by atoms with van der Waals surface area (Å²) in [4.78, 5) is 22.8. The van der Waals surface area contributed by atoms with Gasteiger partial charge in [0.15, 0.2) is 6.61 Å². The maximum Gasteiger partial charge on any atom is 0.418 e. The van der Waals surface area contributed by atoms with Crippen LogP contribution in [0.1, 0.15) is 29.3 Å². The number of amides is 1. The Hall–Kier alpha value is -2.39. The number of anilines is 1. The van der Waals surface area contributed by atoms with Crippen molar-refractivity contribution >= 4 is 44.7 Å². The van der Waals surface area contributed by atoms with Crippen molar-refractivity contribution in [3.05, 3.63) is 45.6 Å². The topological polar surface area (TPSA) is 64.1 Å². The van der Waals surface area contributed by atoms with Gasteiger partial charge in [-0.1, -0.05) is 24.6 Å². The summed E-state index contributed by atoms with van der Waals surface area (Å²) in [5.74, 6) is 0.0857. The highest BCUT2D eigenvalue weighted by Gasteiger charge is 2.35. The molecule has 4 rings (SSSR count). The molecule has 30 heavy (non-hydrogen) atoms. The molecule has 5 nitrogen and oxygen atoms in total. The highest BCUT2D eigenvalue weighted by Crippen LogP contribution is 2.41. The van der Waals surface area contributed by atoms with E-state index in [1.807, 2.05) is 0 Å². The first-order chi connectivity index (χ1) is 14.2. The van der Waals surface area contributed by atoms with Crippen molar-refractivity contribution < 1.29 is 22.7 Å². The van der Waals surface area contributed by atoms with E-state index in [0.29, 0.717) is 5.92 Å². The summed E-state index contributed by atoms with van der Waals surface area (Å²) in [5, 5.41) is 2.79. The second-order valence-electron chi connectivity index (χ2n) is 7.21. The molecular weight excluding hydrogens is 439 g/mol. The molecule has 0 fully saturated rings. The first-order valence-electron chi connectivity index (χ1n) is 9.27. The summed E-state index contributed by atoms with van der Waals surface area (Å²) in [5.41, 5.74) is -0.377. The minimum absolute atomic E-state index is 0.205. The van der Waals surface area contributed by atoms with Gasteiger partial charge < -0.3 is 10.1 Å². The van der Waals surface area contributed by atoms with Crippen molar-refractivity contribution in [2.24, 2.45) is 5.92 Å². The van der Waals surface area contributed by atoms with Crippen molar-refractivity contribution in [3.63, 3.8) is 0 Å². The van der Waals surface area contributed by atoms with Crippen LogP contribution >= 0.6 is 22.9 Å². The summed E-state index contributed by atoms with van der Waals surface area (Å²) in [6, 6.07) is 3.31. The number of thiophene rings is 1. The third kappa shape index (κ3) is 4.09. The van der Waals surface area contributed by atoms with Crippen LogP contribution in [0, 0.1) is 5.92 Å². The zero-order valence-electron chi connectivity index (χ0n) is 15.8. The standard InChI is InChI=1S/C20H17ClF3N3O2S/c1-10-5-6-11-14(7-10)30-19-16(11)18(25-9-26-19)29-8-15(28)27-17-12(20(22,23)24)3-2-4-13(17)21/h2-4,9-10H,5-8H2,1H3,(H,27,28). The van der Waals surface area contributed by atoms with Crippen molar-refractivity contribution in [1.82, 2.24) is 9.97 Å². The summed E-state index contributed by atoms with van der Waals surface area (Å²) in [7, 11) is 0. The second kappa shape index (κ2) is 8.03. The Kier molecular flexibility index (Phi) is 5.59. The van der Waals surface area contributed by atoms with E-state index in [0.717, 1.165) is 41.1 Å². The average molecular weight is 456 g/mol. The predicted octanol–water partition coefficient (Wildman–Crippen LogP) is 5.51. The molecule has 0 saturated heterocycles. The van der Waals surface area contributed by atoms with Crippen LogP contribution in [0.2, 0.25) is 5.02 Å². The molecule has 10 heteroatoms. The van der Waals surface area contributed by atoms with Crippen LogP contribution in [0.4, 0.5) is 18.9 Å². The molecule has 3 aromatic rings. The highest BCUT2D eigenvalue weighted by atomic mass is 35.5. The Balaban J connectivity index is 1.54. The fraction of sp³-hybridized carbons (Fsp3) is 0.350. The molecule has 1 aliphatic rings. The van der Waals surface area contributed by atoms with E-state index in [1.165, 1.54) is 23.3 Å². The SMILES string of the molecule is CC1CCc2c(sc3ncnc(OCC(=O)Nc4c(Cl)cccc4C(F)(F)F)c23)C1. The number of alkyl halides is 3. The van der Waals surface area contributed by atoms with Crippen LogP contribution in [-0.4, -0.2) is 22.5 Å². The fourth-order valence-electron chi connectivity index (χ4n) is 3.55. The number of fused-ring (bicyclic) bond motifs is 3. The Bertz CT molecular complexity index is 1120. The molecule has 0 spiro atoms. The van der Waals surface area contributed by atoms with Crippen LogP contribution in [0.15, 0.2) is 24.5 Å². The van der Waals surface area contributed by atoms with E-state index in [4.69, 9.17) is 16.3 Å². The first kappa shape index (κ1) is 20.9. The van der Waals surface area contributed by atoms with Crippen LogP contribution in [0.3, 0.4) is 0 Å². The number of nitrogens with zero attached hydrogens (tertiary/aromatic N) is 2. The molecule has 0 aliphatic heterocycles. The van der Waals surface area contributed by atoms with E-state index in [-0.39, 0.29) is 10.9 Å². The van der Waals surface area contributed by atoms with Gasteiger partial charge in [0.2, 0.25) is 5.88 Å². The zero-order valence-corrected chi connectivity index (χ0v) is 17.4. The number of ether oxygens (including phenoxy) is 1. The number of para-hydroxylation sites is 1. The smallest absolute Gasteiger partial charge is 0.418 e. The van der Waals surface area contributed by atoms with Gasteiger partial charge in [-0.3, -0.25) is 4.79 Å². The number of aryl methyl sites for hydroxylation is 1. The zero-order chi connectivity index (χ0) is 21.5. The number of halogens is 4. The normalized spacial score (nSPS) is 16.4. The molecular formula is C20H17ClF3N3O2S. The molecule has 0 radical (unpaired) electrons. The summed E-state index contributed by atoms with van der Waals surface area (Å²) in [6.45, 7) is 1.69. The van der Waals surface area contributed by atoms with Gasteiger partial charge in [0.1, 0.15) is 11.2 Å². The number of rotatable bonds is 4. The van der Waals surface area contributed by atoms with Crippen molar-refractivity contribution in [2.45, 2.75) is 32.4 Å². The highest BCUT2D eigenvalue weighted by molar-refractivity contribution is 7.18. The molecule has 1 atom stereocenters. The molecule has 1 aliphatic carbocycles. The number of hydrogen-bond acceptors (Lipinski definition) is 5. The summed E-state index contributed by atoms with van der Waals surface area (Å²) in [6.07, 6.45) is -0.415. The minimum atomic E-state index is -4.65. The van der Waals surface area contributed by atoms with Gasteiger partial charge in [-0.15, -0.1) is 11.3 Å². The fourth-order valence-corrected chi connectivity index (χ4v) is 5.12. The van der Waals surface area contributed by atoms with Crippen molar-refractivity contribution in [3.8, 4) is 5.88 Å². The Morgan fingerprint density at radius 2 is 2.17 bits per heavy atom. The molecule has 158 valence electrons. The van der Waals surface area contributed by atoms with Crippen LogP contribution in [-0.2, 0) is 23.8 Å². The van der Waals surface area contributed by atoms with E-state index in [1.54, 1.807) is 11.3 Å². The maximum absolute atomic E-state index is 13.2. The summed E-state index contributed by atoms with van der Waals surface area (Å²) >= 11 is 7.46. The monoisotopic (exact) mass is 455 g/mol. The minimum Gasteiger partial charge on any atom is -0.467 e. The van der Waals surface area contributed by atoms with Crippen LogP contribution in [0.25, 0.3) is 10.2 Å². The number of benzene rings is 1. The van der Waals surface area contributed by atoms with Gasteiger partial charge in [0.05, 0.1) is 21.7 Å². The van der Waals surface area contributed by atoms with E-state index in [9.17, 15) is 18.0 Å². The molecule has 2 heterocycles. The lowest BCUT2D eigenvalue weighted by atomic mass is 9.89. The Morgan fingerprint density at radius 1 is 1.37 bits per heavy atom. The lowest BCUT2D eigenvalue weighted by molar-refractivity contribution is -0.137. The molecule has 2 aromatic heterocycles. The first-order valence-corrected chi connectivity index (χ1v) is 10.5. The van der Waals surface area contributed by atoms with Gasteiger partial charge in [-0.05, 0) is 42.9 Å². The Morgan fingerprint density at radius 3 is 2.93 bits per heavy atom. The summed E-state index contributed by atoms with van der Waals surface area (Å²) < 4.78 is 45.2. The van der Waals surface area contributed by atoms with Gasteiger partial charge in [-0.25, -0.2) is 9.97 Å². The van der Waals surface area contributed by atoms with Crippen molar-refractivity contribution in [2.75, 3.05) is 11.9 Å². The number of carbonyl (C=O) groups is 1. The Labute approximate surface area is 179 Å². The van der Waals surface area contributed by atoms with Gasteiger partial charge >= 0.3 is 6.18 Å². The molecule has 1 unspecified atom stereocenters. The molecule has 0 bridgehead atoms. The lowest BCUT2D eigenvalue weighted by Gasteiger charge is -2.18. The molecule has 1 N–H and O–H groups in total.